The molecule has 4 aliphatic carbocycles. The summed E-state index contributed by atoms with van der Waals surface area (Å²) in [4.78, 5) is 0. The third-order valence-corrected chi connectivity index (χ3v) is 7.62. The van der Waals surface area contributed by atoms with E-state index in [0.717, 1.165) is 17.8 Å². The monoisotopic (exact) mass is 223 g/mol. The van der Waals surface area contributed by atoms with Gasteiger partial charge in [0.15, 0.2) is 0 Å². The van der Waals surface area contributed by atoms with Crippen LogP contribution in [0.5, 0.6) is 0 Å². The normalized spacial score (nSPS) is 48.8. The van der Waals surface area contributed by atoms with E-state index in [1.165, 1.54) is 38.5 Å². The van der Waals surface area contributed by atoms with Crippen molar-refractivity contribution in [2.24, 2.45) is 17.8 Å². The average Bonchev–Trinajstić information content (AvgIpc) is 2.14. The number of aliphatic hydroxyl groups is 1. The van der Waals surface area contributed by atoms with E-state index in [2.05, 4.69) is 6.66 Å². The molecule has 0 aromatic carbocycles. The zero-order valence-corrected chi connectivity index (χ0v) is 10.5. The van der Waals surface area contributed by atoms with Crippen molar-refractivity contribution in [1.29, 1.82) is 0 Å². The molecule has 1 N–H and O–H groups in total. The van der Waals surface area contributed by atoms with E-state index >= 15 is 0 Å². The van der Waals surface area contributed by atoms with Crippen LogP contribution in [0.1, 0.15) is 38.5 Å². The number of aliphatic hydroxyl groups excluding tert-OH is 1. The highest BCUT2D eigenvalue weighted by Gasteiger charge is 2.52. The maximum atomic E-state index is 9.42. The van der Waals surface area contributed by atoms with Crippen LogP contribution < -0.4 is 0 Å². The van der Waals surface area contributed by atoms with E-state index in [9.17, 15) is 5.11 Å². The lowest BCUT2D eigenvalue weighted by molar-refractivity contribution is 0.0350. The summed E-state index contributed by atoms with van der Waals surface area (Å²) in [6, 6.07) is 0. The first-order valence-electron chi connectivity index (χ1n) is 6.04. The SMILES string of the molecule is C[P@@](CO)C12CC3CC(CC(C3)C1)C2.[B]. The molecule has 0 saturated heterocycles. The molecule has 4 rings (SSSR count). The zero-order chi connectivity index (χ0) is 9.76. The van der Waals surface area contributed by atoms with Crippen LogP contribution >= 0.6 is 7.92 Å². The maximum Gasteiger partial charge on any atom is 0.0627 e. The van der Waals surface area contributed by atoms with E-state index < -0.39 is 0 Å². The largest absolute Gasteiger partial charge is 0.392 e. The van der Waals surface area contributed by atoms with Crippen molar-refractivity contribution in [2.75, 3.05) is 13.0 Å². The molecule has 3 radical (unpaired) electrons. The summed E-state index contributed by atoms with van der Waals surface area (Å²) in [6.45, 7) is 2.34. The molecule has 0 unspecified atom stereocenters. The van der Waals surface area contributed by atoms with Gasteiger partial charge < -0.3 is 5.11 Å². The van der Waals surface area contributed by atoms with Gasteiger partial charge in [-0.3, -0.25) is 0 Å². The Morgan fingerprint density at radius 1 is 1.07 bits per heavy atom. The van der Waals surface area contributed by atoms with Gasteiger partial charge in [-0.1, -0.05) is 7.92 Å². The Hall–Kier alpha value is 0.455. The van der Waals surface area contributed by atoms with Crippen molar-refractivity contribution < 1.29 is 5.11 Å². The van der Waals surface area contributed by atoms with Gasteiger partial charge in [-0.25, -0.2) is 0 Å². The van der Waals surface area contributed by atoms with Crippen LogP contribution in [0.2, 0.25) is 0 Å². The fourth-order valence-electron chi connectivity index (χ4n) is 4.68. The first kappa shape index (κ1) is 11.9. The molecule has 4 bridgehead atoms. The quantitative estimate of drug-likeness (QED) is 0.563. The topological polar surface area (TPSA) is 20.2 Å². The van der Waals surface area contributed by atoms with E-state index in [0.29, 0.717) is 11.5 Å². The van der Waals surface area contributed by atoms with E-state index in [4.69, 9.17) is 0 Å². The molecule has 83 valence electrons. The molecule has 0 aliphatic heterocycles. The van der Waals surface area contributed by atoms with Gasteiger partial charge in [0.25, 0.3) is 0 Å². The van der Waals surface area contributed by atoms with Crippen LogP contribution in [0, 0.1) is 17.8 Å². The van der Waals surface area contributed by atoms with Crippen LogP contribution in [0.15, 0.2) is 0 Å². The second-order valence-electron chi connectivity index (χ2n) is 5.98. The summed E-state index contributed by atoms with van der Waals surface area (Å²) in [6.07, 6.45) is 9.42. The molecule has 0 spiro atoms. The summed E-state index contributed by atoms with van der Waals surface area (Å²) in [7, 11) is -0.0969. The van der Waals surface area contributed by atoms with Crippen LogP contribution in [0.25, 0.3) is 0 Å². The van der Waals surface area contributed by atoms with Crippen molar-refractivity contribution in [1.82, 2.24) is 0 Å². The van der Waals surface area contributed by atoms with Crippen LogP contribution in [-0.2, 0) is 0 Å². The molecule has 4 saturated carbocycles. The van der Waals surface area contributed by atoms with Gasteiger partial charge >= 0.3 is 0 Å². The molecule has 15 heavy (non-hydrogen) atoms. The third kappa shape index (κ3) is 1.78. The first-order chi connectivity index (χ1) is 6.72. The fraction of sp³-hybridized carbons (Fsp3) is 1.00. The summed E-state index contributed by atoms with van der Waals surface area (Å²) >= 11 is 0. The van der Waals surface area contributed by atoms with Crippen LogP contribution in [-0.4, -0.2) is 31.7 Å². The van der Waals surface area contributed by atoms with E-state index in [1.807, 2.05) is 0 Å². The Labute approximate surface area is 96.4 Å². The fourth-order valence-corrected chi connectivity index (χ4v) is 6.69. The van der Waals surface area contributed by atoms with Crippen molar-refractivity contribution in [3.63, 3.8) is 0 Å². The van der Waals surface area contributed by atoms with Gasteiger partial charge in [0.1, 0.15) is 0 Å². The molecule has 4 aliphatic rings. The average molecular weight is 223 g/mol. The summed E-state index contributed by atoms with van der Waals surface area (Å²) in [5.41, 5.74) is 0. The molecule has 1 nitrogen and oxygen atoms in total. The van der Waals surface area contributed by atoms with Gasteiger partial charge in [0.2, 0.25) is 0 Å². The van der Waals surface area contributed by atoms with Crippen LogP contribution in [0.4, 0.5) is 0 Å². The van der Waals surface area contributed by atoms with Crippen molar-refractivity contribution >= 4 is 16.3 Å². The highest BCUT2D eigenvalue weighted by molar-refractivity contribution is 7.58. The summed E-state index contributed by atoms with van der Waals surface area (Å²) < 4.78 is 0. The highest BCUT2D eigenvalue weighted by Crippen LogP contribution is 2.67. The van der Waals surface area contributed by atoms with Crippen LogP contribution in [0.3, 0.4) is 0 Å². The Morgan fingerprint density at radius 2 is 1.47 bits per heavy atom. The molecule has 0 aromatic heterocycles. The second kappa shape index (κ2) is 4.04. The molecular weight excluding hydrogens is 202 g/mol. The van der Waals surface area contributed by atoms with E-state index in [-0.39, 0.29) is 16.3 Å². The molecule has 4 fully saturated rings. The lowest BCUT2D eigenvalue weighted by Crippen LogP contribution is -2.49. The minimum atomic E-state index is -0.0969. The second-order valence-corrected chi connectivity index (χ2v) is 8.61. The van der Waals surface area contributed by atoms with Crippen molar-refractivity contribution in [2.45, 2.75) is 43.7 Å². The molecule has 0 aromatic rings. The standard InChI is InChI=1S/C12H21OP.B/c1-14(8-13)12-5-9-2-10(6-12)4-11(3-9)7-12;/h9-11,13H,2-8H2,1H3;/t9?,10?,11?,12?,14-;/m0./s1. The molecule has 0 amide bonds. The number of hydrogen-bond acceptors (Lipinski definition) is 1. The molecule has 3 heteroatoms. The number of rotatable bonds is 2. The van der Waals surface area contributed by atoms with Gasteiger partial charge in [0.05, 0.1) is 6.35 Å². The van der Waals surface area contributed by atoms with E-state index in [1.54, 1.807) is 0 Å². The van der Waals surface area contributed by atoms with Gasteiger partial charge in [-0.2, -0.15) is 0 Å². The number of hydrogen-bond donors (Lipinski definition) is 1. The summed E-state index contributed by atoms with van der Waals surface area (Å²) in [5.74, 6) is 3.12. The predicted molar refractivity (Wildman–Crippen MR) is 66.6 cm³/mol. The maximum absolute atomic E-state index is 9.42. The Kier molecular flexibility index (Phi) is 3.21. The summed E-state index contributed by atoms with van der Waals surface area (Å²) in [5, 5.41) is 10.0. The Bertz CT molecular complexity index is 208. The molecule has 0 heterocycles. The lowest BCUT2D eigenvalue weighted by atomic mass is 9.56. The van der Waals surface area contributed by atoms with Gasteiger partial charge in [0, 0.05) is 8.41 Å². The minimum Gasteiger partial charge on any atom is -0.392 e. The predicted octanol–water partition coefficient (Wildman–Crippen LogP) is 2.64. The third-order valence-electron chi connectivity index (χ3n) is 5.03. The lowest BCUT2D eigenvalue weighted by Gasteiger charge is -2.59. The molecule has 1 atom stereocenters. The van der Waals surface area contributed by atoms with Crippen molar-refractivity contribution in [3.05, 3.63) is 0 Å². The molecular formula is C12H21BOP. The Morgan fingerprint density at radius 3 is 1.80 bits per heavy atom. The van der Waals surface area contributed by atoms with Gasteiger partial charge in [-0.15, -0.1) is 0 Å². The van der Waals surface area contributed by atoms with Crippen molar-refractivity contribution in [3.8, 4) is 0 Å². The Balaban J connectivity index is 0.000000853. The van der Waals surface area contributed by atoms with Gasteiger partial charge in [-0.05, 0) is 68.1 Å². The highest BCUT2D eigenvalue weighted by atomic mass is 31.1. The smallest absolute Gasteiger partial charge is 0.0627 e. The zero-order valence-electron chi connectivity index (χ0n) is 9.65. The first-order valence-corrected chi connectivity index (χ1v) is 8.01. The minimum absolute atomic E-state index is 0.